The molecule has 1 aromatic heterocycles. The van der Waals surface area contributed by atoms with Gasteiger partial charge in [0.25, 0.3) is 0 Å². The van der Waals surface area contributed by atoms with E-state index in [1.54, 1.807) is 11.8 Å². The lowest BCUT2D eigenvalue weighted by Gasteiger charge is -2.35. The van der Waals surface area contributed by atoms with E-state index in [0.717, 1.165) is 42.3 Å². The third-order valence-electron chi connectivity index (χ3n) is 3.54. The number of aromatic nitrogens is 1. The molecule has 0 saturated carbocycles. The summed E-state index contributed by atoms with van der Waals surface area (Å²) in [5, 5.41) is 2.80. The summed E-state index contributed by atoms with van der Waals surface area (Å²) in [5.41, 5.74) is 2.16. The summed E-state index contributed by atoms with van der Waals surface area (Å²) < 4.78 is 24.0. The number of nitrogens with zero attached hydrogens (tertiary/aromatic N) is 2. The molecule has 0 aliphatic carbocycles. The summed E-state index contributed by atoms with van der Waals surface area (Å²) in [4.78, 5) is 6.47. The molecule has 0 aromatic carbocycles. The predicted molar refractivity (Wildman–Crippen MR) is 89.7 cm³/mol. The predicted octanol–water partition coefficient (Wildman–Crippen LogP) is 1.42. The lowest BCUT2D eigenvalue weighted by atomic mass is 10.2. The molecular formula is C14H23N3O2S2. The number of anilines is 1. The van der Waals surface area contributed by atoms with Gasteiger partial charge in [0.1, 0.15) is 11.2 Å². The largest absolute Gasteiger partial charge is 0.338 e. The van der Waals surface area contributed by atoms with Crippen LogP contribution in [0.4, 0.5) is 5.82 Å². The van der Waals surface area contributed by atoms with Crippen molar-refractivity contribution in [3.63, 3.8) is 0 Å². The number of hydrogen-bond donors (Lipinski definition) is 1. The van der Waals surface area contributed by atoms with Crippen molar-refractivity contribution in [1.29, 1.82) is 0 Å². The highest BCUT2D eigenvalue weighted by Gasteiger charge is 2.32. The van der Waals surface area contributed by atoms with Crippen molar-refractivity contribution in [1.82, 2.24) is 10.3 Å². The summed E-state index contributed by atoms with van der Waals surface area (Å²) in [6.45, 7) is 6.49. The molecule has 1 aliphatic rings. The molecule has 1 unspecified atom stereocenters. The molecule has 0 radical (unpaired) electrons. The second-order valence-electron chi connectivity index (χ2n) is 5.32. The van der Waals surface area contributed by atoms with Crippen LogP contribution in [0.15, 0.2) is 12.3 Å². The highest BCUT2D eigenvalue weighted by atomic mass is 32.2. The summed E-state index contributed by atoms with van der Waals surface area (Å²) in [7, 11) is -3.11. The molecule has 5 nitrogen and oxygen atoms in total. The van der Waals surface area contributed by atoms with Gasteiger partial charge in [0.05, 0.1) is 0 Å². The standard InChI is InChI=1S/C14H23N3O2S2/c1-4-15-8-12-7-11(2)14(16-9-12)17-5-6-20-10-13(17)21(3,18)19/h7,9,13,15H,4-6,8,10H2,1-3H3. The molecule has 1 N–H and O–H groups in total. The molecular weight excluding hydrogens is 306 g/mol. The second-order valence-corrected chi connectivity index (χ2v) is 8.67. The first-order chi connectivity index (χ1) is 9.93. The van der Waals surface area contributed by atoms with Crippen LogP contribution in [0.25, 0.3) is 0 Å². The minimum Gasteiger partial charge on any atom is -0.338 e. The van der Waals surface area contributed by atoms with Gasteiger partial charge >= 0.3 is 0 Å². The lowest BCUT2D eigenvalue weighted by molar-refractivity contribution is 0.583. The third-order valence-corrected chi connectivity index (χ3v) is 6.18. The van der Waals surface area contributed by atoms with E-state index < -0.39 is 15.2 Å². The molecule has 7 heteroatoms. The highest BCUT2D eigenvalue weighted by molar-refractivity contribution is 8.01. The number of sulfone groups is 1. The van der Waals surface area contributed by atoms with Crippen molar-refractivity contribution in [3.05, 3.63) is 23.4 Å². The average molecular weight is 329 g/mol. The van der Waals surface area contributed by atoms with Gasteiger partial charge in [-0.05, 0) is 30.7 Å². The van der Waals surface area contributed by atoms with E-state index in [9.17, 15) is 8.42 Å². The molecule has 1 aromatic rings. The van der Waals surface area contributed by atoms with E-state index in [1.807, 2.05) is 18.0 Å². The molecule has 118 valence electrons. The molecule has 1 fully saturated rings. The lowest BCUT2D eigenvalue weighted by Crippen LogP contribution is -2.47. The van der Waals surface area contributed by atoms with Crippen LogP contribution < -0.4 is 10.2 Å². The first kappa shape index (κ1) is 16.6. The van der Waals surface area contributed by atoms with Crippen molar-refractivity contribution in [3.8, 4) is 0 Å². The fourth-order valence-electron chi connectivity index (χ4n) is 2.47. The zero-order chi connectivity index (χ0) is 15.5. The zero-order valence-corrected chi connectivity index (χ0v) is 14.4. The summed E-state index contributed by atoms with van der Waals surface area (Å²) in [6.07, 6.45) is 3.15. The van der Waals surface area contributed by atoms with Gasteiger partial charge in [-0.2, -0.15) is 11.8 Å². The van der Waals surface area contributed by atoms with Crippen molar-refractivity contribution in [2.24, 2.45) is 0 Å². The van der Waals surface area contributed by atoms with Crippen molar-refractivity contribution >= 4 is 27.4 Å². The van der Waals surface area contributed by atoms with Crippen LogP contribution in [0.3, 0.4) is 0 Å². The molecule has 1 saturated heterocycles. The smallest absolute Gasteiger partial charge is 0.169 e. The van der Waals surface area contributed by atoms with Crippen molar-refractivity contribution in [2.75, 3.05) is 35.8 Å². The Morgan fingerprint density at radius 1 is 1.52 bits per heavy atom. The topological polar surface area (TPSA) is 62.3 Å². The Hall–Kier alpha value is -0.790. The minimum atomic E-state index is -3.11. The van der Waals surface area contributed by atoms with Crippen LogP contribution in [0.1, 0.15) is 18.1 Å². The Morgan fingerprint density at radius 3 is 2.90 bits per heavy atom. The van der Waals surface area contributed by atoms with Gasteiger partial charge in [-0.1, -0.05) is 6.92 Å². The van der Waals surface area contributed by atoms with Gasteiger partial charge in [0, 0.05) is 37.0 Å². The van der Waals surface area contributed by atoms with E-state index in [2.05, 4.69) is 23.3 Å². The van der Waals surface area contributed by atoms with E-state index in [-0.39, 0.29) is 0 Å². The number of aryl methyl sites for hydroxylation is 1. The molecule has 2 rings (SSSR count). The monoisotopic (exact) mass is 329 g/mol. The van der Waals surface area contributed by atoms with Crippen molar-refractivity contribution < 1.29 is 8.42 Å². The second kappa shape index (κ2) is 6.98. The summed E-state index contributed by atoms with van der Waals surface area (Å²) in [5.74, 6) is 2.34. The Bertz CT molecular complexity index is 590. The normalized spacial score (nSPS) is 19.8. The Morgan fingerprint density at radius 2 is 2.29 bits per heavy atom. The van der Waals surface area contributed by atoms with Crippen LogP contribution in [0.2, 0.25) is 0 Å². The van der Waals surface area contributed by atoms with Gasteiger partial charge in [-0.25, -0.2) is 13.4 Å². The highest BCUT2D eigenvalue weighted by Crippen LogP contribution is 2.27. The van der Waals surface area contributed by atoms with Crippen LogP contribution in [-0.4, -0.2) is 49.6 Å². The SMILES string of the molecule is CCNCc1cnc(N2CCSCC2S(C)(=O)=O)c(C)c1. The Labute approximate surface area is 131 Å². The van der Waals surface area contributed by atoms with Gasteiger partial charge in [0.2, 0.25) is 0 Å². The maximum Gasteiger partial charge on any atom is 0.169 e. The van der Waals surface area contributed by atoms with Gasteiger partial charge in [-0.3, -0.25) is 0 Å². The average Bonchev–Trinajstić information content (AvgIpc) is 2.44. The fourth-order valence-corrected chi connectivity index (χ4v) is 5.29. The minimum absolute atomic E-state index is 0.470. The van der Waals surface area contributed by atoms with E-state index >= 15 is 0 Å². The first-order valence-electron chi connectivity index (χ1n) is 7.13. The molecule has 1 aliphatic heterocycles. The van der Waals surface area contributed by atoms with E-state index in [1.165, 1.54) is 6.26 Å². The number of pyridine rings is 1. The maximum atomic E-state index is 12.0. The van der Waals surface area contributed by atoms with Crippen LogP contribution in [-0.2, 0) is 16.4 Å². The third kappa shape index (κ3) is 4.11. The number of thioether (sulfide) groups is 1. The fraction of sp³-hybridized carbons (Fsp3) is 0.643. The first-order valence-corrected chi connectivity index (χ1v) is 10.2. The molecule has 1 atom stereocenters. The van der Waals surface area contributed by atoms with E-state index in [4.69, 9.17) is 0 Å². The van der Waals surface area contributed by atoms with Crippen LogP contribution in [0.5, 0.6) is 0 Å². The Balaban J connectivity index is 2.27. The summed E-state index contributed by atoms with van der Waals surface area (Å²) >= 11 is 1.69. The van der Waals surface area contributed by atoms with E-state index in [0.29, 0.717) is 5.75 Å². The molecule has 0 amide bonds. The van der Waals surface area contributed by atoms with Crippen LogP contribution >= 0.6 is 11.8 Å². The maximum absolute atomic E-state index is 12.0. The van der Waals surface area contributed by atoms with Gasteiger partial charge in [-0.15, -0.1) is 0 Å². The molecule has 0 bridgehead atoms. The Kier molecular flexibility index (Phi) is 5.51. The van der Waals surface area contributed by atoms with Gasteiger partial charge in [0.15, 0.2) is 9.84 Å². The summed E-state index contributed by atoms with van der Waals surface area (Å²) in [6, 6.07) is 2.09. The number of nitrogens with one attached hydrogen (secondary N) is 1. The molecule has 21 heavy (non-hydrogen) atoms. The number of hydrogen-bond acceptors (Lipinski definition) is 6. The van der Waals surface area contributed by atoms with Crippen molar-refractivity contribution in [2.45, 2.75) is 25.8 Å². The van der Waals surface area contributed by atoms with Gasteiger partial charge < -0.3 is 10.2 Å². The number of rotatable bonds is 5. The molecule has 2 heterocycles. The van der Waals surface area contributed by atoms with Crippen LogP contribution in [0, 0.1) is 6.92 Å². The molecule has 0 spiro atoms. The zero-order valence-electron chi connectivity index (χ0n) is 12.8. The quantitative estimate of drug-likeness (QED) is 0.882.